The average molecular weight is 283 g/mol. The maximum Gasteiger partial charge on any atom is 0.337 e. The molecule has 19 heavy (non-hydrogen) atoms. The Morgan fingerprint density at radius 2 is 2.21 bits per heavy atom. The molecule has 5 heteroatoms. The van der Waals surface area contributed by atoms with Crippen molar-refractivity contribution in [2.75, 3.05) is 6.54 Å². The van der Waals surface area contributed by atoms with Gasteiger partial charge in [-0.15, -0.1) is 11.6 Å². The Hall–Kier alpha value is -1.13. The van der Waals surface area contributed by atoms with E-state index in [9.17, 15) is 9.90 Å². The largest absolute Gasteiger partial charge is 0.478 e. The predicted octanol–water partition coefficient (Wildman–Crippen LogP) is 2.98. The van der Waals surface area contributed by atoms with Gasteiger partial charge in [0.05, 0.1) is 5.56 Å². The fourth-order valence-corrected chi connectivity index (χ4v) is 2.79. The van der Waals surface area contributed by atoms with Crippen LogP contribution in [0.25, 0.3) is 0 Å². The highest BCUT2D eigenvalue weighted by Gasteiger charge is 2.20. The summed E-state index contributed by atoms with van der Waals surface area (Å²) in [4.78, 5) is 15.2. The molecule has 2 atom stereocenters. The van der Waals surface area contributed by atoms with Crippen LogP contribution in [0.1, 0.15) is 54.1 Å². The number of hydrogen-bond acceptors (Lipinski definition) is 3. The molecular formula is C14H19ClN2O2. The molecule has 0 aromatic carbocycles. The van der Waals surface area contributed by atoms with Gasteiger partial charge in [-0.1, -0.05) is 6.42 Å². The third-order valence-corrected chi connectivity index (χ3v) is 4.00. The first-order valence-corrected chi connectivity index (χ1v) is 7.17. The van der Waals surface area contributed by atoms with E-state index < -0.39 is 5.97 Å². The summed E-state index contributed by atoms with van der Waals surface area (Å²) in [5.74, 6) is -0.924. The summed E-state index contributed by atoms with van der Waals surface area (Å²) in [6.45, 7) is 0.898. The number of carboxylic acid groups (broad SMARTS) is 1. The van der Waals surface area contributed by atoms with Gasteiger partial charge in [-0.2, -0.15) is 0 Å². The Morgan fingerprint density at radius 3 is 3.00 bits per heavy atom. The fourth-order valence-electron chi connectivity index (χ4n) is 2.51. The zero-order valence-electron chi connectivity index (χ0n) is 10.8. The van der Waals surface area contributed by atoms with Crippen LogP contribution in [0.5, 0.6) is 0 Å². The van der Waals surface area contributed by atoms with E-state index in [4.69, 9.17) is 11.6 Å². The molecule has 1 aliphatic rings. The van der Waals surface area contributed by atoms with Gasteiger partial charge >= 0.3 is 5.97 Å². The first kappa shape index (κ1) is 14.3. The summed E-state index contributed by atoms with van der Waals surface area (Å²) < 4.78 is 0. The Bertz CT molecular complexity index is 439. The molecular weight excluding hydrogens is 264 g/mol. The Labute approximate surface area is 118 Å². The zero-order chi connectivity index (χ0) is 13.7. The smallest absolute Gasteiger partial charge is 0.337 e. The van der Waals surface area contributed by atoms with Gasteiger partial charge in [0.25, 0.3) is 0 Å². The van der Waals surface area contributed by atoms with Crippen molar-refractivity contribution in [2.24, 2.45) is 0 Å². The molecule has 1 saturated heterocycles. The van der Waals surface area contributed by atoms with E-state index in [1.807, 2.05) is 0 Å². The summed E-state index contributed by atoms with van der Waals surface area (Å²) in [5.41, 5.74) is 1.10. The number of aromatic nitrogens is 1. The highest BCUT2D eigenvalue weighted by atomic mass is 35.5. The van der Waals surface area contributed by atoms with Crippen molar-refractivity contribution in [3.63, 3.8) is 0 Å². The monoisotopic (exact) mass is 282 g/mol. The first-order valence-electron chi connectivity index (χ1n) is 6.73. The first-order chi connectivity index (χ1) is 9.18. The normalized spacial score (nSPS) is 25.1. The van der Waals surface area contributed by atoms with Crippen molar-refractivity contribution < 1.29 is 9.90 Å². The Kier molecular flexibility index (Phi) is 5.16. The molecule has 0 aliphatic carbocycles. The van der Waals surface area contributed by atoms with Crippen molar-refractivity contribution in [3.05, 3.63) is 29.6 Å². The van der Waals surface area contributed by atoms with Gasteiger partial charge in [0.1, 0.15) is 0 Å². The second kappa shape index (κ2) is 6.87. The standard InChI is InChI=1S/C14H19ClN2O2/c15-10-3-1-2-7-17-13(5-4-10)11-6-8-16-9-12(11)14(18)19/h6,8-10,13,17H,1-5,7H2,(H,18,19). The summed E-state index contributed by atoms with van der Waals surface area (Å²) in [6.07, 6.45) is 8.07. The van der Waals surface area contributed by atoms with E-state index in [2.05, 4.69) is 10.3 Å². The lowest BCUT2D eigenvalue weighted by atomic mass is 9.97. The lowest BCUT2D eigenvalue weighted by Gasteiger charge is -2.20. The van der Waals surface area contributed by atoms with Gasteiger partial charge in [0, 0.05) is 23.8 Å². The minimum atomic E-state index is -0.924. The third-order valence-electron chi connectivity index (χ3n) is 3.56. The van der Waals surface area contributed by atoms with Gasteiger partial charge in [0.15, 0.2) is 0 Å². The molecule has 2 unspecified atom stereocenters. The van der Waals surface area contributed by atoms with Crippen LogP contribution in [-0.4, -0.2) is 28.0 Å². The highest BCUT2D eigenvalue weighted by Crippen LogP contribution is 2.26. The number of carbonyl (C=O) groups is 1. The number of alkyl halides is 1. The van der Waals surface area contributed by atoms with Gasteiger partial charge in [0.2, 0.25) is 0 Å². The maximum absolute atomic E-state index is 11.3. The van der Waals surface area contributed by atoms with Crippen LogP contribution in [0, 0.1) is 0 Å². The van der Waals surface area contributed by atoms with Crippen LogP contribution >= 0.6 is 11.6 Å². The van der Waals surface area contributed by atoms with Crippen molar-refractivity contribution in [1.82, 2.24) is 10.3 Å². The lowest BCUT2D eigenvalue weighted by Crippen LogP contribution is -2.24. The number of carboxylic acids is 1. The maximum atomic E-state index is 11.3. The number of nitrogens with one attached hydrogen (secondary N) is 1. The molecule has 2 rings (SSSR count). The molecule has 0 saturated carbocycles. The SMILES string of the molecule is O=C(O)c1cnccc1C1CCC(Cl)CCCCN1. The molecule has 2 N–H and O–H groups in total. The predicted molar refractivity (Wildman–Crippen MR) is 74.7 cm³/mol. The molecule has 1 aromatic heterocycles. The number of halogens is 1. The molecule has 2 heterocycles. The highest BCUT2D eigenvalue weighted by molar-refractivity contribution is 6.20. The molecule has 1 aromatic rings. The topological polar surface area (TPSA) is 62.2 Å². The van der Waals surface area contributed by atoms with Gasteiger partial charge in [-0.25, -0.2) is 4.79 Å². The molecule has 0 bridgehead atoms. The summed E-state index contributed by atoms with van der Waals surface area (Å²) in [6, 6.07) is 1.84. The van der Waals surface area contributed by atoms with Gasteiger partial charge in [-0.05, 0) is 43.9 Å². The fraction of sp³-hybridized carbons (Fsp3) is 0.571. The summed E-state index contributed by atoms with van der Waals surface area (Å²) >= 11 is 6.26. The summed E-state index contributed by atoms with van der Waals surface area (Å²) in [5, 5.41) is 12.9. The molecule has 1 aliphatic heterocycles. The molecule has 4 nitrogen and oxygen atoms in total. The second-order valence-electron chi connectivity index (χ2n) is 4.95. The van der Waals surface area contributed by atoms with E-state index in [1.165, 1.54) is 6.20 Å². The number of aromatic carboxylic acids is 1. The average Bonchev–Trinajstić information content (AvgIpc) is 2.51. The summed E-state index contributed by atoms with van der Waals surface area (Å²) in [7, 11) is 0. The van der Waals surface area contributed by atoms with Crippen LogP contribution in [0.3, 0.4) is 0 Å². The van der Waals surface area contributed by atoms with E-state index in [-0.39, 0.29) is 17.0 Å². The zero-order valence-corrected chi connectivity index (χ0v) is 11.6. The van der Waals surface area contributed by atoms with Crippen LogP contribution in [-0.2, 0) is 0 Å². The Morgan fingerprint density at radius 1 is 1.37 bits per heavy atom. The van der Waals surface area contributed by atoms with Gasteiger partial charge in [-0.3, -0.25) is 4.98 Å². The second-order valence-corrected chi connectivity index (χ2v) is 5.56. The van der Waals surface area contributed by atoms with Crippen molar-refractivity contribution >= 4 is 17.6 Å². The Balaban J connectivity index is 2.20. The molecule has 0 amide bonds. The minimum Gasteiger partial charge on any atom is -0.478 e. The van der Waals surface area contributed by atoms with Crippen LogP contribution in [0.15, 0.2) is 18.5 Å². The van der Waals surface area contributed by atoms with Crippen molar-refractivity contribution in [2.45, 2.75) is 43.5 Å². The number of hydrogen-bond donors (Lipinski definition) is 2. The van der Waals surface area contributed by atoms with Gasteiger partial charge < -0.3 is 10.4 Å². The van der Waals surface area contributed by atoms with E-state index >= 15 is 0 Å². The number of nitrogens with zero attached hydrogens (tertiary/aromatic N) is 1. The van der Waals surface area contributed by atoms with Crippen molar-refractivity contribution in [1.29, 1.82) is 0 Å². The molecule has 104 valence electrons. The quantitative estimate of drug-likeness (QED) is 0.819. The lowest BCUT2D eigenvalue weighted by molar-refractivity contribution is 0.0694. The van der Waals surface area contributed by atoms with Crippen LogP contribution in [0.4, 0.5) is 0 Å². The molecule has 1 fully saturated rings. The number of pyridine rings is 1. The molecule has 0 radical (unpaired) electrons. The number of rotatable bonds is 2. The van der Waals surface area contributed by atoms with Crippen LogP contribution in [0.2, 0.25) is 0 Å². The van der Waals surface area contributed by atoms with E-state index in [0.717, 1.165) is 44.2 Å². The van der Waals surface area contributed by atoms with Crippen LogP contribution < -0.4 is 5.32 Å². The van der Waals surface area contributed by atoms with E-state index in [0.29, 0.717) is 0 Å². The third kappa shape index (κ3) is 3.91. The molecule has 0 spiro atoms. The minimum absolute atomic E-state index is 0.0495. The van der Waals surface area contributed by atoms with Crippen molar-refractivity contribution in [3.8, 4) is 0 Å². The van der Waals surface area contributed by atoms with E-state index in [1.54, 1.807) is 12.3 Å².